The molecule has 0 aliphatic rings. The number of H-pyrrole nitrogens is 1. The van der Waals surface area contributed by atoms with Gasteiger partial charge in [-0.15, -0.1) is 0 Å². The summed E-state index contributed by atoms with van der Waals surface area (Å²) in [6, 6.07) is 18.6. The van der Waals surface area contributed by atoms with Crippen molar-refractivity contribution in [2.45, 2.75) is 24.5 Å². The zero-order chi connectivity index (χ0) is 23.5. The van der Waals surface area contributed by atoms with Crippen molar-refractivity contribution in [1.82, 2.24) is 20.6 Å². The molecule has 2 aromatic carbocycles. The van der Waals surface area contributed by atoms with Crippen molar-refractivity contribution in [3.05, 3.63) is 87.8 Å². The first kappa shape index (κ1) is 24.1. The summed E-state index contributed by atoms with van der Waals surface area (Å²) in [5, 5.41) is 5.96. The van der Waals surface area contributed by atoms with Gasteiger partial charge in [-0.3, -0.25) is 14.4 Å². The Morgan fingerprint density at radius 1 is 1.00 bits per heavy atom. The zero-order valence-corrected chi connectivity index (χ0v) is 19.1. The number of hydrogen-bond donors (Lipinski definition) is 3. The number of nitrogens with one attached hydrogen (secondary N) is 3. The Labute approximate surface area is 196 Å². The third kappa shape index (κ3) is 8.46. The molecule has 172 valence electrons. The van der Waals surface area contributed by atoms with Crippen LogP contribution in [0.15, 0.2) is 70.6 Å². The highest BCUT2D eigenvalue weighted by Gasteiger charge is 2.10. The Hall–Kier alpha value is -3.59. The topological polar surface area (TPSA) is 113 Å². The lowest BCUT2D eigenvalue weighted by molar-refractivity contribution is -0.121. The molecular formula is C24H26N4O4S. The molecule has 8 nitrogen and oxygen atoms in total. The maximum Gasteiger partial charge on any atom is 0.251 e. The van der Waals surface area contributed by atoms with Crippen LogP contribution in [-0.4, -0.2) is 41.2 Å². The highest BCUT2D eigenvalue weighted by molar-refractivity contribution is 7.99. The van der Waals surface area contributed by atoms with E-state index < -0.39 is 0 Å². The minimum Gasteiger partial charge on any atom is -0.497 e. The number of nitrogens with zero attached hydrogens (tertiary/aromatic N) is 1. The van der Waals surface area contributed by atoms with E-state index in [1.807, 2.05) is 54.6 Å². The fraction of sp³-hybridized carbons (Fsp3) is 0.250. The van der Waals surface area contributed by atoms with Gasteiger partial charge in [-0.25, -0.2) is 4.98 Å². The van der Waals surface area contributed by atoms with Gasteiger partial charge in [0.2, 0.25) is 11.8 Å². The fourth-order valence-corrected chi connectivity index (χ4v) is 3.75. The van der Waals surface area contributed by atoms with E-state index in [1.165, 1.54) is 6.07 Å². The second-order valence-corrected chi connectivity index (χ2v) is 8.19. The average molecular weight is 467 g/mol. The SMILES string of the molecule is COc1cccc(CNC(=O)Cc2cc(=O)[nH]c(SCC(=O)NCCc3ccccc3)n2)c1. The molecule has 3 aromatic rings. The van der Waals surface area contributed by atoms with Crippen molar-refractivity contribution in [2.24, 2.45) is 0 Å². The van der Waals surface area contributed by atoms with E-state index in [1.54, 1.807) is 7.11 Å². The number of benzene rings is 2. The third-order valence-corrected chi connectivity index (χ3v) is 5.53. The summed E-state index contributed by atoms with van der Waals surface area (Å²) in [6.45, 7) is 0.866. The van der Waals surface area contributed by atoms with Gasteiger partial charge < -0.3 is 20.4 Å². The molecule has 33 heavy (non-hydrogen) atoms. The normalized spacial score (nSPS) is 10.5. The number of aromatic amines is 1. The molecule has 3 rings (SSSR count). The highest BCUT2D eigenvalue weighted by atomic mass is 32.2. The summed E-state index contributed by atoms with van der Waals surface area (Å²) in [4.78, 5) is 43.3. The van der Waals surface area contributed by atoms with Crippen molar-refractivity contribution in [3.8, 4) is 5.75 Å². The van der Waals surface area contributed by atoms with E-state index in [-0.39, 0.29) is 29.5 Å². The minimum atomic E-state index is -0.368. The zero-order valence-electron chi connectivity index (χ0n) is 18.3. The second kappa shape index (κ2) is 12.4. The molecule has 0 unspecified atom stereocenters. The van der Waals surface area contributed by atoms with Crippen LogP contribution in [0.3, 0.4) is 0 Å². The number of thioether (sulfide) groups is 1. The van der Waals surface area contributed by atoms with Gasteiger partial charge in [-0.05, 0) is 29.7 Å². The van der Waals surface area contributed by atoms with E-state index in [0.717, 1.165) is 29.3 Å². The van der Waals surface area contributed by atoms with Crippen LogP contribution in [0, 0.1) is 0 Å². The van der Waals surface area contributed by atoms with Crippen LogP contribution >= 0.6 is 11.8 Å². The first-order valence-corrected chi connectivity index (χ1v) is 11.4. The van der Waals surface area contributed by atoms with E-state index in [2.05, 4.69) is 20.6 Å². The lowest BCUT2D eigenvalue weighted by Crippen LogP contribution is -2.27. The average Bonchev–Trinajstić information content (AvgIpc) is 2.82. The summed E-state index contributed by atoms with van der Waals surface area (Å²) in [5.41, 5.74) is 2.02. The number of amides is 2. The molecule has 3 N–H and O–H groups in total. The molecule has 1 aromatic heterocycles. The summed E-state index contributed by atoms with van der Waals surface area (Å²) < 4.78 is 5.17. The number of aromatic nitrogens is 2. The van der Waals surface area contributed by atoms with Crippen molar-refractivity contribution in [1.29, 1.82) is 0 Å². The lowest BCUT2D eigenvalue weighted by atomic mass is 10.1. The molecule has 0 saturated carbocycles. The smallest absolute Gasteiger partial charge is 0.251 e. The van der Waals surface area contributed by atoms with Crippen molar-refractivity contribution >= 4 is 23.6 Å². The Morgan fingerprint density at radius 3 is 2.58 bits per heavy atom. The number of carbonyl (C=O) groups is 2. The monoisotopic (exact) mass is 466 g/mol. The summed E-state index contributed by atoms with van der Waals surface area (Å²) >= 11 is 1.12. The minimum absolute atomic E-state index is 0.0370. The predicted molar refractivity (Wildman–Crippen MR) is 127 cm³/mol. The maximum absolute atomic E-state index is 12.3. The molecule has 0 atom stereocenters. The van der Waals surface area contributed by atoms with Crippen LogP contribution in [0.2, 0.25) is 0 Å². The summed E-state index contributed by atoms with van der Waals surface area (Å²) in [7, 11) is 1.58. The molecule has 9 heteroatoms. The number of methoxy groups -OCH3 is 1. The highest BCUT2D eigenvalue weighted by Crippen LogP contribution is 2.13. The van der Waals surface area contributed by atoms with Crippen molar-refractivity contribution in [3.63, 3.8) is 0 Å². The first-order chi connectivity index (χ1) is 16.0. The number of ether oxygens (including phenoxy) is 1. The van der Waals surface area contributed by atoms with Gasteiger partial charge in [-0.2, -0.15) is 0 Å². The Balaban J connectivity index is 1.45. The summed E-state index contributed by atoms with van der Waals surface area (Å²) in [5.74, 6) is 0.415. The molecule has 0 saturated heterocycles. The van der Waals surface area contributed by atoms with Crippen LogP contribution in [0.25, 0.3) is 0 Å². The molecule has 0 aliphatic carbocycles. The van der Waals surface area contributed by atoms with Crippen LogP contribution in [0.1, 0.15) is 16.8 Å². The maximum atomic E-state index is 12.3. The largest absolute Gasteiger partial charge is 0.497 e. The van der Waals surface area contributed by atoms with Gasteiger partial charge in [-0.1, -0.05) is 54.2 Å². The molecule has 0 fully saturated rings. The van der Waals surface area contributed by atoms with Crippen molar-refractivity contribution < 1.29 is 14.3 Å². The third-order valence-electron chi connectivity index (χ3n) is 4.66. The van der Waals surface area contributed by atoms with Crippen LogP contribution in [-0.2, 0) is 29.0 Å². The van der Waals surface area contributed by atoms with E-state index in [9.17, 15) is 14.4 Å². The predicted octanol–water partition coefficient (Wildman–Crippen LogP) is 2.09. The number of rotatable bonds is 11. The second-order valence-electron chi connectivity index (χ2n) is 7.22. The number of hydrogen-bond acceptors (Lipinski definition) is 6. The van der Waals surface area contributed by atoms with Gasteiger partial charge in [0.15, 0.2) is 5.16 Å². The van der Waals surface area contributed by atoms with Crippen LogP contribution in [0.5, 0.6) is 5.75 Å². The molecule has 2 amide bonds. The van der Waals surface area contributed by atoms with Gasteiger partial charge in [0, 0.05) is 19.2 Å². The Kier molecular flexibility index (Phi) is 9.08. The first-order valence-electron chi connectivity index (χ1n) is 10.4. The molecule has 0 spiro atoms. The van der Waals surface area contributed by atoms with Gasteiger partial charge in [0.1, 0.15) is 5.75 Å². The standard InChI is InChI=1S/C24H26N4O4S/c1-32-20-9-5-8-18(12-20)15-26-21(29)13-19-14-22(30)28-24(27-19)33-16-23(31)25-11-10-17-6-3-2-4-7-17/h2-9,12,14H,10-11,13,15-16H2,1H3,(H,25,31)(H,26,29)(H,27,28,30). The van der Waals surface area contributed by atoms with E-state index >= 15 is 0 Å². The quantitative estimate of drug-likeness (QED) is 0.295. The van der Waals surface area contributed by atoms with E-state index in [4.69, 9.17) is 4.74 Å². The van der Waals surface area contributed by atoms with Gasteiger partial charge in [0.25, 0.3) is 5.56 Å². The Bertz CT molecular complexity index is 1130. The van der Waals surface area contributed by atoms with Crippen molar-refractivity contribution in [2.75, 3.05) is 19.4 Å². The molecule has 0 radical (unpaired) electrons. The lowest BCUT2D eigenvalue weighted by Gasteiger charge is -2.08. The molecule has 1 heterocycles. The fourth-order valence-electron chi connectivity index (χ4n) is 3.03. The Morgan fingerprint density at radius 2 is 1.79 bits per heavy atom. The molecule has 0 bridgehead atoms. The van der Waals surface area contributed by atoms with Crippen LogP contribution < -0.4 is 20.9 Å². The molecular weight excluding hydrogens is 440 g/mol. The number of carbonyl (C=O) groups excluding carboxylic acids is 2. The molecule has 0 aliphatic heterocycles. The van der Waals surface area contributed by atoms with E-state index in [0.29, 0.717) is 29.7 Å². The van der Waals surface area contributed by atoms with Crippen LogP contribution in [0.4, 0.5) is 0 Å². The summed E-state index contributed by atoms with van der Waals surface area (Å²) in [6.07, 6.45) is 0.706. The van der Waals surface area contributed by atoms with Gasteiger partial charge >= 0.3 is 0 Å². The van der Waals surface area contributed by atoms with Gasteiger partial charge in [0.05, 0.1) is 25.0 Å².